The van der Waals surface area contributed by atoms with Crippen LogP contribution >= 0.6 is 0 Å². The van der Waals surface area contributed by atoms with E-state index in [2.05, 4.69) is 25.5 Å². The number of likely N-dealkylation sites (N-methyl/N-ethyl adjacent to an activating group) is 1. The highest BCUT2D eigenvalue weighted by Crippen LogP contribution is 2.34. The Hall–Kier alpha value is -4.17. The zero-order chi connectivity index (χ0) is 27.0. The number of hydrogen-bond donors (Lipinski definition) is 2. The van der Waals surface area contributed by atoms with Gasteiger partial charge in [0.05, 0.1) is 11.0 Å². The van der Waals surface area contributed by atoms with E-state index in [-0.39, 0.29) is 12.1 Å². The molecule has 0 unspecified atom stereocenters. The summed E-state index contributed by atoms with van der Waals surface area (Å²) in [4.78, 5) is 23.8. The van der Waals surface area contributed by atoms with Gasteiger partial charge in [0.15, 0.2) is 11.5 Å². The number of nitrogens with zero attached hydrogens (tertiary/aromatic N) is 3. The van der Waals surface area contributed by atoms with E-state index in [1.165, 1.54) is 0 Å². The molecule has 0 aliphatic heterocycles. The third kappa shape index (κ3) is 7.23. The highest BCUT2D eigenvalue weighted by atomic mass is 16.5. The fourth-order valence-corrected chi connectivity index (χ4v) is 4.64. The predicted molar refractivity (Wildman–Crippen MR) is 154 cm³/mol. The second kappa shape index (κ2) is 12.6. The minimum atomic E-state index is -0.219. The van der Waals surface area contributed by atoms with E-state index >= 15 is 0 Å². The molecule has 2 aromatic heterocycles. The molecule has 2 amide bonds. The third-order valence-electron chi connectivity index (χ3n) is 6.78. The summed E-state index contributed by atoms with van der Waals surface area (Å²) in [6.07, 6.45) is 6.21. The van der Waals surface area contributed by atoms with Crippen LogP contribution in [0.15, 0.2) is 72.9 Å². The van der Waals surface area contributed by atoms with E-state index < -0.39 is 0 Å². The Balaban J connectivity index is 1.35. The maximum absolute atomic E-state index is 12.4. The van der Waals surface area contributed by atoms with Crippen molar-refractivity contribution in [2.45, 2.75) is 38.3 Å². The van der Waals surface area contributed by atoms with Gasteiger partial charge in [0.2, 0.25) is 0 Å². The molecule has 0 spiro atoms. The molecule has 1 fully saturated rings. The number of hydrogen-bond acceptors (Lipinski definition) is 6. The van der Waals surface area contributed by atoms with Gasteiger partial charge in [0.25, 0.3) is 0 Å². The van der Waals surface area contributed by atoms with E-state index in [1.807, 2.05) is 81.0 Å². The first-order chi connectivity index (χ1) is 19.0. The number of carbonyl (C=O) groups is 1. The van der Waals surface area contributed by atoms with Crippen molar-refractivity contribution >= 4 is 22.9 Å². The normalized spacial score (nSPS) is 13.5. The number of benzene rings is 2. The summed E-state index contributed by atoms with van der Waals surface area (Å²) in [6, 6.07) is 21.6. The minimum Gasteiger partial charge on any atom is -0.488 e. The number of fused-ring (bicyclic) bond motifs is 1. The van der Waals surface area contributed by atoms with Crippen LogP contribution in [-0.4, -0.2) is 54.2 Å². The number of anilines is 1. The predicted octanol–water partition coefficient (Wildman–Crippen LogP) is 5.88. The minimum absolute atomic E-state index is 0.219. The Labute approximate surface area is 229 Å². The molecule has 2 N–H and O–H groups in total. The molecular formula is C31H35N5O3. The quantitative estimate of drug-likeness (QED) is 0.269. The van der Waals surface area contributed by atoms with E-state index in [9.17, 15) is 4.79 Å². The van der Waals surface area contributed by atoms with Gasteiger partial charge in [-0.1, -0.05) is 49.2 Å². The topological polar surface area (TPSA) is 88.6 Å². The zero-order valence-corrected chi connectivity index (χ0v) is 22.5. The second-order valence-corrected chi connectivity index (χ2v) is 10.1. The summed E-state index contributed by atoms with van der Waals surface area (Å²) in [5, 5.41) is 5.90. The van der Waals surface area contributed by atoms with Crippen molar-refractivity contribution in [3.63, 3.8) is 0 Å². The standard InChI is InChI=1S/C31H35N5O3/c1-36(2)16-17-38-29-19-23(12-14-28(29)39-21-22-8-4-3-5-9-22)24-18-27-26(32-20-24)13-15-30(34-27)35-31(37)33-25-10-6-7-11-25/h3-5,8-9,12-15,18-20,25H,6-7,10-11,16-17,21H2,1-2H3,(H2,33,34,35,37). The molecule has 0 saturated heterocycles. The number of aromatic nitrogens is 2. The first kappa shape index (κ1) is 26.4. The molecule has 0 bridgehead atoms. The number of urea groups is 1. The number of nitrogens with one attached hydrogen (secondary N) is 2. The fourth-order valence-electron chi connectivity index (χ4n) is 4.64. The molecule has 5 rings (SSSR count). The molecule has 2 heterocycles. The summed E-state index contributed by atoms with van der Waals surface area (Å²) >= 11 is 0. The van der Waals surface area contributed by atoms with Crippen molar-refractivity contribution in [2.75, 3.05) is 32.6 Å². The SMILES string of the molecule is CN(C)CCOc1cc(-c2cnc3ccc(NC(=O)NC4CCCC4)nc3c2)ccc1OCc1ccccc1. The molecule has 1 saturated carbocycles. The Bertz CT molecular complexity index is 1400. The van der Waals surface area contributed by atoms with Crippen LogP contribution in [0.2, 0.25) is 0 Å². The molecule has 1 aliphatic rings. The highest BCUT2D eigenvalue weighted by Gasteiger charge is 2.17. The lowest BCUT2D eigenvalue weighted by Crippen LogP contribution is -2.36. The molecule has 8 nitrogen and oxygen atoms in total. The van der Waals surface area contributed by atoms with E-state index in [0.29, 0.717) is 36.0 Å². The van der Waals surface area contributed by atoms with Gasteiger partial charge in [0, 0.05) is 24.3 Å². The maximum Gasteiger partial charge on any atom is 0.320 e. The van der Waals surface area contributed by atoms with Gasteiger partial charge in [-0.15, -0.1) is 0 Å². The van der Waals surface area contributed by atoms with Crippen molar-refractivity contribution in [2.24, 2.45) is 0 Å². The monoisotopic (exact) mass is 525 g/mol. The maximum atomic E-state index is 12.4. The number of ether oxygens (including phenoxy) is 2. The number of rotatable bonds is 10. The van der Waals surface area contributed by atoms with Crippen LogP contribution in [0.5, 0.6) is 11.5 Å². The third-order valence-corrected chi connectivity index (χ3v) is 6.78. The molecule has 2 aromatic carbocycles. The molecule has 0 atom stereocenters. The fraction of sp³-hybridized carbons (Fsp3) is 0.323. The summed E-state index contributed by atoms with van der Waals surface area (Å²) in [5.74, 6) is 1.86. The Morgan fingerprint density at radius 3 is 2.54 bits per heavy atom. The zero-order valence-electron chi connectivity index (χ0n) is 22.5. The van der Waals surface area contributed by atoms with Gasteiger partial charge in [0.1, 0.15) is 19.0 Å². The second-order valence-electron chi connectivity index (χ2n) is 10.1. The van der Waals surface area contributed by atoms with Gasteiger partial charge in [-0.3, -0.25) is 10.3 Å². The first-order valence-electron chi connectivity index (χ1n) is 13.5. The van der Waals surface area contributed by atoms with Crippen LogP contribution in [0.1, 0.15) is 31.2 Å². The summed E-state index contributed by atoms with van der Waals surface area (Å²) in [7, 11) is 4.03. The van der Waals surface area contributed by atoms with Gasteiger partial charge in [-0.2, -0.15) is 0 Å². The van der Waals surface area contributed by atoms with Gasteiger partial charge >= 0.3 is 6.03 Å². The first-order valence-corrected chi connectivity index (χ1v) is 13.5. The van der Waals surface area contributed by atoms with Crippen molar-refractivity contribution in [3.05, 3.63) is 78.5 Å². The van der Waals surface area contributed by atoms with E-state index in [4.69, 9.17) is 9.47 Å². The van der Waals surface area contributed by atoms with Crippen molar-refractivity contribution < 1.29 is 14.3 Å². The lowest BCUT2D eigenvalue weighted by atomic mass is 10.1. The number of carbonyl (C=O) groups excluding carboxylic acids is 1. The van der Waals surface area contributed by atoms with Crippen LogP contribution in [0.3, 0.4) is 0 Å². The molecule has 8 heteroatoms. The molecule has 1 aliphatic carbocycles. The Morgan fingerprint density at radius 1 is 0.923 bits per heavy atom. The number of pyridine rings is 2. The summed E-state index contributed by atoms with van der Waals surface area (Å²) in [5.41, 5.74) is 4.38. The lowest BCUT2D eigenvalue weighted by molar-refractivity contribution is 0.237. The summed E-state index contributed by atoms with van der Waals surface area (Å²) in [6.45, 7) is 1.78. The average molecular weight is 526 g/mol. The van der Waals surface area contributed by atoms with Crippen molar-refractivity contribution in [1.82, 2.24) is 20.2 Å². The average Bonchev–Trinajstić information content (AvgIpc) is 3.45. The van der Waals surface area contributed by atoms with Crippen LogP contribution in [0.4, 0.5) is 10.6 Å². The van der Waals surface area contributed by atoms with E-state index in [1.54, 1.807) is 6.07 Å². The van der Waals surface area contributed by atoms with Crippen LogP contribution in [-0.2, 0) is 6.61 Å². The van der Waals surface area contributed by atoms with Crippen molar-refractivity contribution in [3.8, 4) is 22.6 Å². The number of amides is 2. The van der Waals surface area contributed by atoms with Crippen LogP contribution in [0, 0.1) is 0 Å². The van der Waals surface area contributed by atoms with Crippen molar-refractivity contribution in [1.29, 1.82) is 0 Å². The molecule has 202 valence electrons. The summed E-state index contributed by atoms with van der Waals surface area (Å²) < 4.78 is 12.3. The molecule has 0 radical (unpaired) electrons. The molecule has 4 aromatic rings. The Morgan fingerprint density at radius 2 is 1.74 bits per heavy atom. The van der Waals surface area contributed by atoms with Crippen LogP contribution < -0.4 is 20.1 Å². The molecule has 39 heavy (non-hydrogen) atoms. The van der Waals surface area contributed by atoms with Gasteiger partial charge in [-0.25, -0.2) is 9.78 Å². The largest absolute Gasteiger partial charge is 0.488 e. The highest BCUT2D eigenvalue weighted by molar-refractivity contribution is 5.90. The van der Waals surface area contributed by atoms with E-state index in [0.717, 1.165) is 54.4 Å². The van der Waals surface area contributed by atoms with Gasteiger partial charge in [-0.05, 0) is 68.4 Å². The molecular weight excluding hydrogens is 490 g/mol. The van der Waals surface area contributed by atoms with Gasteiger partial charge < -0.3 is 19.7 Å². The van der Waals surface area contributed by atoms with Crippen LogP contribution in [0.25, 0.3) is 22.2 Å². The smallest absolute Gasteiger partial charge is 0.320 e. The Kier molecular flexibility index (Phi) is 8.53. The lowest BCUT2D eigenvalue weighted by Gasteiger charge is -2.16.